The van der Waals surface area contributed by atoms with E-state index >= 15 is 13.2 Å². The molecule has 3 aliphatic carbocycles. The monoisotopic (exact) mass is 1380 g/mol. The molecule has 5 N–H and O–H groups in total. The number of fused-ring (bicyclic) bond motifs is 3. The Bertz CT molecular complexity index is 4240. The van der Waals surface area contributed by atoms with E-state index in [4.69, 9.17) is 15.2 Å². The molecule has 99 heavy (non-hydrogen) atoms. The van der Waals surface area contributed by atoms with Gasteiger partial charge in [0.25, 0.3) is 16.7 Å². The fourth-order valence-corrected chi connectivity index (χ4v) is 14.5. The molecule has 6 aliphatic rings. The van der Waals surface area contributed by atoms with E-state index in [0.717, 1.165) is 101 Å². The number of pyridine rings is 3. The number of carbonyl (C=O) groups excluding carboxylic acids is 3. The summed E-state index contributed by atoms with van der Waals surface area (Å²) in [5, 5.41) is 9.85. The first-order valence-electron chi connectivity index (χ1n) is 34.6. The Morgan fingerprint density at radius 1 is 0.485 bits per heavy atom. The van der Waals surface area contributed by atoms with Crippen molar-refractivity contribution in [1.29, 1.82) is 0 Å². The summed E-state index contributed by atoms with van der Waals surface area (Å²) in [5.74, 6) is -2.77. The van der Waals surface area contributed by atoms with Gasteiger partial charge in [-0.2, -0.15) is 13.2 Å². The molecule has 12 rings (SSSR count). The lowest BCUT2D eigenvalue weighted by atomic mass is 10.0. The van der Waals surface area contributed by atoms with E-state index in [-0.39, 0.29) is 77.3 Å². The quantitative estimate of drug-likeness (QED) is 0.0626. The Morgan fingerprint density at radius 2 is 0.778 bits per heavy atom. The van der Waals surface area contributed by atoms with E-state index in [2.05, 4.69) is 15.5 Å². The first-order valence-corrected chi connectivity index (χ1v) is 34.6. The van der Waals surface area contributed by atoms with Crippen LogP contribution in [0.3, 0.4) is 0 Å². The zero-order valence-electron chi connectivity index (χ0n) is 59.5. The smallest absolute Gasteiger partial charge is 0.444 e. The molecule has 540 valence electrons. The van der Waals surface area contributed by atoms with Crippen LogP contribution in [0.4, 0.5) is 53.0 Å². The number of rotatable bonds is 17. The number of hydrogen-bond donors (Lipinski definition) is 4. The maximum Gasteiger partial charge on any atom is 0.471 e. The Balaban J connectivity index is 0.000000161. The summed E-state index contributed by atoms with van der Waals surface area (Å²) in [6.07, 6.45) is 2.13. The van der Waals surface area contributed by atoms with Gasteiger partial charge in [-0.25, -0.2) is 22.8 Å². The number of halogens is 6. The molecule has 3 saturated heterocycles. The van der Waals surface area contributed by atoms with Crippen LogP contribution < -0.4 is 53.1 Å². The van der Waals surface area contributed by atoms with Crippen LogP contribution in [0.2, 0.25) is 0 Å². The van der Waals surface area contributed by atoms with E-state index in [9.17, 15) is 41.9 Å². The molecule has 6 aromatic rings. The molecule has 3 aliphatic heterocycles. The second-order valence-electron chi connectivity index (χ2n) is 30.5. The van der Waals surface area contributed by atoms with Crippen molar-refractivity contribution in [3.8, 4) is 0 Å². The first kappa shape index (κ1) is 73.9. The number of carbonyl (C=O) groups is 3. The summed E-state index contributed by atoms with van der Waals surface area (Å²) >= 11 is 0. The highest BCUT2D eigenvalue weighted by Crippen LogP contribution is 2.45. The van der Waals surface area contributed by atoms with Crippen LogP contribution in [0.25, 0.3) is 32.7 Å². The number of alkyl halides is 3. The van der Waals surface area contributed by atoms with Gasteiger partial charge in [-0.1, -0.05) is 0 Å². The van der Waals surface area contributed by atoms with Crippen LogP contribution in [0.5, 0.6) is 0 Å². The molecule has 0 bridgehead atoms. The summed E-state index contributed by atoms with van der Waals surface area (Å²) < 4.78 is 99.9. The number of anilines is 3. The Hall–Kier alpha value is -7.84. The third-order valence-corrected chi connectivity index (χ3v) is 19.2. The van der Waals surface area contributed by atoms with Crippen molar-refractivity contribution >= 4 is 67.9 Å². The average molecular weight is 1390 g/mol. The summed E-state index contributed by atoms with van der Waals surface area (Å²) in [6.45, 7) is 22.2. The van der Waals surface area contributed by atoms with Crippen molar-refractivity contribution < 1.29 is 50.2 Å². The van der Waals surface area contributed by atoms with Gasteiger partial charge in [0.1, 0.15) is 28.7 Å². The van der Waals surface area contributed by atoms with E-state index in [0.29, 0.717) is 105 Å². The maximum absolute atomic E-state index is 15.6. The van der Waals surface area contributed by atoms with E-state index in [1.165, 1.54) is 12.1 Å². The minimum Gasteiger partial charge on any atom is -0.444 e. The highest BCUT2D eigenvalue weighted by atomic mass is 19.4. The number of alkyl carbamates (subject to hydrolysis) is 2. The summed E-state index contributed by atoms with van der Waals surface area (Å²) in [7, 11) is 7.67. The molecular weight excluding hydrogens is 1290 g/mol. The van der Waals surface area contributed by atoms with Crippen LogP contribution in [0.15, 0.2) is 50.8 Å². The normalized spacial score (nSPS) is 18.9. The molecule has 3 atom stereocenters. The molecule has 6 fully saturated rings. The minimum absolute atomic E-state index is 0.00614. The zero-order valence-corrected chi connectivity index (χ0v) is 59.5. The second-order valence-corrected chi connectivity index (χ2v) is 30.5. The zero-order chi connectivity index (χ0) is 72.1. The van der Waals surface area contributed by atoms with Gasteiger partial charge >= 0.3 is 24.3 Å². The van der Waals surface area contributed by atoms with Gasteiger partial charge in [-0.05, 0) is 218 Å². The molecule has 6 heterocycles. The Labute approximate surface area is 574 Å². The standard InChI is InChI=1S/C26H37FN4O3.C24H33FN4O3.C23H28F4N4O2/c1-16-23-20(18(15-29(5)6)11-22(32)31(23)19-7-8-19)12-21(27)24(16)30-10-9-17(14-30)13-28-25(33)34-26(2,3)4;1-14-21-18(16(11-26)9-20(30)29(21)17-5-6-17)10-19(25)22(14)28-8-7-15(13-28)12-27-23(31)32-24(2,3)4;1-13-20-17(15(12-29(2)3)8-19(32)31(20)16-4-5-16)9-18(24)21(13)30-7-6-14(11-30)10-28-22(33)23(25,26)27/h11-12,17,19H,7-10,13-15H2,1-6H3,(H,28,33);9-10,15,17H,5-8,11-13,26H2,1-4H3,(H,27,31);8-9,14,16H,4-7,10-12H2,1-3H3,(H,28,33). The number of amides is 3. The maximum atomic E-state index is 15.6. The fourth-order valence-electron chi connectivity index (χ4n) is 14.5. The van der Waals surface area contributed by atoms with Gasteiger partial charge in [-0.3, -0.25) is 19.2 Å². The van der Waals surface area contributed by atoms with Crippen molar-refractivity contribution in [2.45, 2.75) is 175 Å². The largest absolute Gasteiger partial charge is 0.471 e. The number of aromatic nitrogens is 3. The predicted molar refractivity (Wildman–Crippen MR) is 375 cm³/mol. The van der Waals surface area contributed by atoms with Crippen molar-refractivity contribution in [1.82, 2.24) is 39.5 Å². The number of ether oxygens (including phenoxy) is 2. The lowest BCUT2D eigenvalue weighted by Crippen LogP contribution is -2.39. The van der Waals surface area contributed by atoms with Crippen molar-refractivity contribution in [3.05, 3.63) is 118 Å². The lowest BCUT2D eigenvalue weighted by Gasteiger charge is -2.25. The molecule has 3 aromatic carbocycles. The molecule has 0 radical (unpaired) electrons. The molecular formula is C73H98F6N12O8. The fraction of sp³-hybridized carbons (Fsp3) is 0.589. The van der Waals surface area contributed by atoms with Crippen LogP contribution >= 0.6 is 0 Å². The van der Waals surface area contributed by atoms with Gasteiger partial charge in [-0.15, -0.1) is 0 Å². The molecule has 0 spiro atoms. The minimum atomic E-state index is -4.92. The molecule has 3 aromatic heterocycles. The molecule has 3 saturated carbocycles. The highest BCUT2D eigenvalue weighted by Gasteiger charge is 2.40. The Kier molecular flexibility index (Phi) is 21.9. The number of nitrogens with one attached hydrogen (secondary N) is 3. The van der Waals surface area contributed by atoms with Gasteiger partial charge in [0, 0.05) is 131 Å². The van der Waals surface area contributed by atoms with E-state index in [1.54, 1.807) is 35.8 Å². The number of nitrogens with two attached hydrogens (primary N) is 1. The van der Waals surface area contributed by atoms with Gasteiger partial charge in [0.05, 0.1) is 33.6 Å². The van der Waals surface area contributed by atoms with E-state index < -0.39 is 41.3 Å². The third kappa shape index (κ3) is 17.3. The predicted octanol–water partition coefficient (Wildman–Crippen LogP) is 11.1. The van der Waals surface area contributed by atoms with Gasteiger partial charge < -0.3 is 69.4 Å². The van der Waals surface area contributed by atoms with Gasteiger partial charge in [0.2, 0.25) is 0 Å². The van der Waals surface area contributed by atoms with Gasteiger partial charge in [0.15, 0.2) is 0 Å². The molecule has 26 heteroatoms. The first-order chi connectivity index (χ1) is 46.5. The lowest BCUT2D eigenvalue weighted by molar-refractivity contribution is -0.173. The molecule has 3 amide bonds. The van der Waals surface area contributed by atoms with Crippen LogP contribution in [-0.4, -0.2) is 146 Å². The number of nitrogens with zero attached hydrogens (tertiary/aromatic N) is 8. The number of hydrogen-bond acceptors (Lipinski definition) is 14. The van der Waals surface area contributed by atoms with Crippen molar-refractivity contribution in [2.75, 3.05) is 102 Å². The van der Waals surface area contributed by atoms with Crippen molar-refractivity contribution in [2.24, 2.45) is 23.5 Å². The van der Waals surface area contributed by atoms with Crippen molar-refractivity contribution in [3.63, 3.8) is 0 Å². The van der Waals surface area contributed by atoms with Crippen LogP contribution in [0.1, 0.15) is 151 Å². The third-order valence-electron chi connectivity index (χ3n) is 19.2. The summed E-state index contributed by atoms with van der Waals surface area (Å²) in [4.78, 5) is 83.8. The van der Waals surface area contributed by atoms with E-state index in [1.807, 2.05) is 118 Å². The number of benzene rings is 3. The number of aryl methyl sites for hydroxylation is 3. The average Bonchev–Trinajstić information content (AvgIpc) is 1.68. The topological polar surface area (TPSA) is 214 Å². The molecule has 3 unspecified atom stereocenters. The Morgan fingerprint density at radius 3 is 1.05 bits per heavy atom. The second kappa shape index (κ2) is 29.4. The SMILES string of the molecule is Cc1c(N2CCC(CNC(=O)C(F)(F)F)C2)c(F)cc2c(CN(C)C)cc(=O)n(C3CC3)c12.Cc1c(N2CCC(CNC(=O)OC(C)(C)C)C2)c(F)cc2c(CN(C)C)cc(=O)n(C3CC3)c12.Cc1c(N2CCC(CNC(=O)OC(C)(C)C)C2)c(F)cc2c(CN)cc(=O)n(C3CC3)c12. The summed E-state index contributed by atoms with van der Waals surface area (Å²) in [6, 6.07) is 9.92. The van der Waals surface area contributed by atoms with Crippen LogP contribution in [0, 0.1) is 56.0 Å². The highest BCUT2D eigenvalue weighted by molar-refractivity contribution is 5.93. The molecule has 20 nitrogen and oxygen atoms in total. The van der Waals surface area contributed by atoms with Crippen LogP contribution in [-0.2, 0) is 33.9 Å². The summed E-state index contributed by atoms with van der Waals surface area (Å²) in [5.41, 5.74) is 13.1.